The maximum atomic E-state index is 12.6. The van der Waals surface area contributed by atoms with Gasteiger partial charge in [0.15, 0.2) is 0 Å². The Morgan fingerprint density at radius 1 is 1.00 bits per heavy atom. The summed E-state index contributed by atoms with van der Waals surface area (Å²) in [5.41, 5.74) is 4.60. The smallest absolute Gasteiger partial charge is 0.321 e. The van der Waals surface area contributed by atoms with Gasteiger partial charge in [0.25, 0.3) is 0 Å². The summed E-state index contributed by atoms with van der Waals surface area (Å²) in [6, 6.07) is 14.0. The van der Waals surface area contributed by atoms with E-state index in [0.29, 0.717) is 13.1 Å². The molecule has 0 atom stereocenters. The SMILES string of the molecule is Cc1ccc(C)c(N2CCN(C(=O)Nc3ccc(OC(C)C)cc3)CC2)c1. The van der Waals surface area contributed by atoms with Crippen LogP contribution in [0.4, 0.5) is 16.2 Å². The maximum absolute atomic E-state index is 12.6. The van der Waals surface area contributed by atoms with E-state index in [1.807, 2.05) is 43.0 Å². The predicted octanol–water partition coefficient (Wildman–Crippen LogP) is 4.44. The van der Waals surface area contributed by atoms with E-state index in [1.165, 1.54) is 16.8 Å². The monoisotopic (exact) mass is 367 g/mol. The number of rotatable bonds is 4. The van der Waals surface area contributed by atoms with E-state index in [9.17, 15) is 4.79 Å². The fourth-order valence-electron chi connectivity index (χ4n) is 3.30. The van der Waals surface area contributed by atoms with E-state index in [-0.39, 0.29) is 12.1 Å². The lowest BCUT2D eigenvalue weighted by molar-refractivity contribution is 0.208. The van der Waals surface area contributed by atoms with Crippen molar-refractivity contribution in [2.75, 3.05) is 36.4 Å². The van der Waals surface area contributed by atoms with Gasteiger partial charge < -0.3 is 19.9 Å². The molecule has 1 fully saturated rings. The molecule has 0 spiro atoms. The van der Waals surface area contributed by atoms with Crippen LogP contribution in [-0.4, -0.2) is 43.2 Å². The van der Waals surface area contributed by atoms with Crippen molar-refractivity contribution in [2.45, 2.75) is 33.8 Å². The Balaban J connectivity index is 1.54. The van der Waals surface area contributed by atoms with Crippen LogP contribution in [0, 0.1) is 13.8 Å². The van der Waals surface area contributed by atoms with Gasteiger partial charge in [-0.15, -0.1) is 0 Å². The minimum absolute atomic E-state index is 0.0480. The molecule has 1 heterocycles. The topological polar surface area (TPSA) is 44.8 Å². The number of piperazine rings is 1. The van der Waals surface area contributed by atoms with Gasteiger partial charge in [0.05, 0.1) is 6.10 Å². The first-order valence-corrected chi connectivity index (χ1v) is 9.57. The number of hydrogen-bond donors (Lipinski definition) is 1. The molecule has 2 aromatic carbocycles. The fourth-order valence-corrected chi connectivity index (χ4v) is 3.30. The molecule has 1 aliphatic rings. The number of carbonyl (C=O) groups excluding carboxylic acids is 1. The lowest BCUT2D eigenvalue weighted by Crippen LogP contribution is -2.50. The lowest BCUT2D eigenvalue weighted by Gasteiger charge is -2.36. The Labute approximate surface area is 161 Å². The van der Waals surface area contributed by atoms with Gasteiger partial charge in [0, 0.05) is 37.6 Å². The van der Waals surface area contributed by atoms with Crippen LogP contribution in [0.3, 0.4) is 0 Å². The highest BCUT2D eigenvalue weighted by atomic mass is 16.5. The summed E-state index contributed by atoms with van der Waals surface area (Å²) in [5, 5.41) is 2.98. The molecule has 2 amide bonds. The predicted molar refractivity (Wildman–Crippen MR) is 111 cm³/mol. The van der Waals surface area contributed by atoms with E-state index in [1.54, 1.807) is 0 Å². The van der Waals surface area contributed by atoms with E-state index in [0.717, 1.165) is 24.5 Å². The third-order valence-electron chi connectivity index (χ3n) is 4.75. The lowest BCUT2D eigenvalue weighted by atomic mass is 10.1. The molecule has 0 unspecified atom stereocenters. The van der Waals surface area contributed by atoms with Gasteiger partial charge in [-0.3, -0.25) is 0 Å². The number of nitrogens with one attached hydrogen (secondary N) is 1. The van der Waals surface area contributed by atoms with Crippen LogP contribution in [0.25, 0.3) is 0 Å². The maximum Gasteiger partial charge on any atom is 0.321 e. The number of nitrogens with zero attached hydrogens (tertiary/aromatic N) is 2. The summed E-state index contributed by atoms with van der Waals surface area (Å²) < 4.78 is 5.63. The second-order valence-corrected chi connectivity index (χ2v) is 7.39. The van der Waals surface area contributed by atoms with E-state index in [4.69, 9.17) is 4.74 Å². The highest BCUT2D eigenvalue weighted by Gasteiger charge is 2.22. The molecule has 0 radical (unpaired) electrons. The third kappa shape index (κ3) is 4.94. The molecule has 3 rings (SSSR count). The minimum atomic E-state index is -0.0480. The molecule has 5 nitrogen and oxygen atoms in total. The molecule has 1 N–H and O–H groups in total. The van der Waals surface area contributed by atoms with Crippen LogP contribution in [0.15, 0.2) is 42.5 Å². The summed E-state index contributed by atoms with van der Waals surface area (Å²) in [5.74, 6) is 0.810. The number of hydrogen-bond acceptors (Lipinski definition) is 3. The first kappa shape index (κ1) is 19.1. The second kappa shape index (κ2) is 8.33. The fraction of sp³-hybridized carbons (Fsp3) is 0.409. The molecule has 1 saturated heterocycles. The molecule has 0 aromatic heterocycles. The normalized spacial score (nSPS) is 14.4. The van der Waals surface area contributed by atoms with Crippen molar-refractivity contribution in [3.05, 3.63) is 53.6 Å². The van der Waals surface area contributed by atoms with Crippen molar-refractivity contribution >= 4 is 17.4 Å². The standard InChI is InChI=1S/C22H29N3O2/c1-16(2)27-20-9-7-19(8-10-20)23-22(26)25-13-11-24(12-14-25)21-15-17(3)5-6-18(21)4/h5-10,15-16H,11-14H2,1-4H3,(H,23,26). The Morgan fingerprint density at radius 2 is 1.67 bits per heavy atom. The van der Waals surface area contributed by atoms with E-state index >= 15 is 0 Å². The molecular formula is C22H29N3O2. The van der Waals surface area contributed by atoms with Gasteiger partial charge in [0.1, 0.15) is 5.75 Å². The van der Waals surface area contributed by atoms with Gasteiger partial charge >= 0.3 is 6.03 Å². The van der Waals surface area contributed by atoms with Crippen molar-refractivity contribution in [3.8, 4) is 5.75 Å². The Hall–Kier alpha value is -2.69. The highest BCUT2D eigenvalue weighted by molar-refractivity contribution is 5.89. The third-order valence-corrected chi connectivity index (χ3v) is 4.75. The Bertz CT molecular complexity index is 779. The number of amides is 2. The van der Waals surface area contributed by atoms with Crippen molar-refractivity contribution < 1.29 is 9.53 Å². The Kier molecular flexibility index (Phi) is 5.89. The summed E-state index contributed by atoms with van der Waals surface area (Å²) >= 11 is 0. The number of aryl methyl sites for hydroxylation is 2. The second-order valence-electron chi connectivity index (χ2n) is 7.39. The Morgan fingerprint density at radius 3 is 2.30 bits per heavy atom. The molecule has 5 heteroatoms. The highest BCUT2D eigenvalue weighted by Crippen LogP contribution is 2.23. The number of ether oxygens (including phenoxy) is 1. The van der Waals surface area contributed by atoms with Gasteiger partial charge in [-0.2, -0.15) is 0 Å². The molecule has 27 heavy (non-hydrogen) atoms. The molecule has 2 aromatic rings. The van der Waals surface area contributed by atoms with E-state index < -0.39 is 0 Å². The van der Waals surface area contributed by atoms with Gasteiger partial charge in [-0.1, -0.05) is 12.1 Å². The van der Waals surface area contributed by atoms with Crippen molar-refractivity contribution in [2.24, 2.45) is 0 Å². The molecule has 1 aliphatic heterocycles. The number of benzene rings is 2. The van der Waals surface area contributed by atoms with Gasteiger partial charge in [0.2, 0.25) is 0 Å². The first-order chi connectivity index (χ1) is 12.9. The zero-order chi connectivity index (χ0) is 19.4. The van der Waals surface area contributed by atoms with Gasteiger partial charge in [-0.05, 0) is 69.2 Å². The van der Waals surface area contributed by atoms with Crippen LogP contribution in [-0.2, 0) is 0 Å². The van der Waals surface area contributed by atoms with Crippen LogP contribution in [0.1, 0.15) is 25.0 Å². The van der Waals surface area contributed by atoms with Crippen LogP contribution in [0.2, 0.25) is 0 Å². The summed E-state index contributed by atoms with van der Waals surface area (Å²) in [6.45, 7) is 11.4. The molecule has 0 bridgehead atoms. The largest absolute Gasteiger partial charge is 0.491 e. The minimum Gasteiger partial charge on any atom is -0.491 e. The number of carbonyl (C=O) groups is 1. The van der Waals surface area contributed by atoms with Crippen molar-refractivity contribution in [1.82, 2.24) is 4.90 Å². The number of anilines is 2. The van der Waals surface area contributed by atoms with Crippen LogP contribution in [0.5, 0.6) is 5.75 Å². The molecule has 0 aliphatic carbocycles. The average molecular weight is 367 g/mol. The average Bonchev–Trinajstić information content (AvgIpc) is 2.65. The van der Waals surface area contributed by atoms with Crippen LogP contribution < -0.4 is 15.0 Å². The quantitative estimate of drug-likeness (QED) is 0.869. The van der Waals surface area contributed by atoms with Crippen LogP contribution >= 0.6 is 0 Å². The van der Waals surface area contributed by atoms with Gasteiger partial charge in [-0.25, -0.2) is 4.79 Å². The van der Waals surface area contributed by atoms with Crippen molar-refractivity contribution in [3.63, 3.8) is 0 Å². The zero-order valence-electron chi connectivity index (χ0n) is 16.7. The zero-order valence-corrected chi connectivity index (χ0v) is 16.7. The number of urea groups is 1. The molecule has 0 saturated carbocycles. The summed E-state index contributed by atoms with van der Waals surface area (Å²) in [4.78, 5) is 16.8. The molecular weight excluding hydrogens is 338 g/mol. The summed E-state index contributed by atoms with van der Waals surface area (Å²) in [6.07, 6.45) is 0.138. The molecule has 144 valence electrons. The van der Waals surface area contributed by atoms with Crippen molar-refractivity contribution in [1.29, 1.82) is 0 Å². The summed E-state index contributed by atoms with van der Waals surface area (Å²) in [7, 11) is 0. The first-order valence-electron chi connectivity index (χ1n) is 9.57. The van der Waals surface area contributed by atoms with E-state index in [2.05, 4.69) is 42.3 Å².